The van der Waals surface area contributed by atoms with Crippen LogP contribution < -0.4 is 15.4 Å². The number of carbonyl (C=O) groups excluding carboxylic acids is 2. The summed E-state index contributed by atoms with van der Waals surface area (Å²) < 4.78 is 5.28. The van der Waals surface area contributed by atoms with Gasteiger partial charge in [0.25, 0.3) is 5.91 Å². The van der Waals surface area contributed by atoms with Crippen molar-refractivity contribution < 1.29 is 14.3 Å². The molecule has 1 aliphatic heterocycles. The molecule has 1 aliphatic rings. The van der Waals surface area contributed by atoms with Gasteiger partial charge in [-0.25, -0.2) is 0 Å². The van der Waals surface area contributed by atoms with E-state index < -0.39 is 0 Å². The summed E-state index contributed by atoms with van der Waals surface area (Å²) in [4.78, 5) is 27.1. The average Bonchev–Trinajstić information content (AvgIpc) is 2.72. The molecule has 3 rings (SSSR count). The summed E-state index contributed by atoms with van der Waals surface area (Å²) in [6.07, 6.45) is 3.19. The van der Waals surface area contributed by atoms with Crippen LogP contribution in [0.15, 0.2) is 36.4 Å². The third-order valence-corrected chi connectivity index (χ3v) is 5.66. The van der Waals surface area contributed by atoms with E-state index in [1.807, 2.05) is 30.0 Å². The fraction of sp³-hybridized carbons (Fsp3) is 0.391. The van der Waals surface area contributed by atoms with Gasteiger partial charge in [-0.15, -0.1) is 0 Å². The van der Waals surface area contributed by atoms with Crippen LogP contribution in [0.2, 0.25) is 5.02 Å². The number of amides is 2. The van der Waals surface area contributed by atoms with Gasteiger partial charge in [0.1, 0.15) is 5.75 Å². The Bertz CT molecular complexity index is 932. The predicted octanol–water partition coefficient (Wildman–Crippen LogP) is 4.72. The monoisotopic (exact) mass is 429 g/mol. The standard InChI is InChI=1S/C23H28ClN3O3/c1-15-7-10-21(30-3)20(12-15)26-22(28)14-25-17-8-9-18(19(24)13-17)23(29)27-11-5-4-6-16(27)2/h7-10,12-13,16,25H,4-6,11,14H2,1-3H3,(H,26,28). The van der Waals surface area contributed by atoms with E-state index in [1.54, 1.807) is 25.3 Å². The molecular formula is C23H28ClN3O3. The van der Waals surface area contributed by atoms with E-state index in [2.05, 4.69) is 17.6 Å². The molecule has 0 aliphatic carbocycles. The number of methoxy groups -OCH3 is 1. The van der Waals surface area contributed by atoms with Crippen molar-refractivity contribution in [3.63, 3.8) is 0 Å². The molecule has 1 unspecified atom stereocenters. The second kappa shape index (κ2) is 9.85. The number of aryl methyl sites for hydroxylation is 1. The van der Waals surface area contributed by atoms with Crippen molar-refractivity contribution in [1.29, 1.82) is 0 Å². The van der Waals surface area contributed by atoms with Crippen LogP contribution in [0, 0.1) is 6.92 Å². The largest absolute Gasteiger partial charge is 0.495 e. The van der Waals surface area contributed by atoms with Gasteiger partial charge in [-0.2, -0.15) is 0 Å². The van der Waals surface area contributed by atoms with Crippen molar-refractivity contribution in [1.82, 2.24) is 4.90 Å². The first-order chi connectivity index (χ1) is 14.4. The second-order valence-electron chi connectivity index (χ2n) is 7.64. The van der Waals surface area contributed by atoms with Gasteiger partial charge in [0.2, 0.25) is 5.91 Å². The zero-order valence-electron chi connectivity index (χ0n) is 17.6. The number of ether oxygens (including phenoxy) is 1. The van der Waals surface area contributed by atoms with Crippen LogP contribution in [0.3, 0.4) is 0 Å². The Morgan fingerprint density at radius 2 is 2.00 bits per heavy atom. The minimum Gasteiger partial charge on any atom is -0.495 e. The third-order valence-electron chi connectivity index (χ3n) is 5.35. The first-order valence-corrected chi connectivity index (χ1v) is 10.6. The van der Waals surface area contributed by atoms with Gasteiger partial charge in [0.05, 0.1) is 29.9 Å². The van der Waals surface area contributed by atoms with E-state index in [0.717, 1.165) is 31.4 Å². The zero-order chi connectivity index (χ0) is 21.7. The smallest absolute Gasteiger partial charge is 0.255 e. The normalized spacial score (nSPS) is 16.1. The average molecular weight is 430 g/mol. The number of anilines is 2. The van der Waals surface area contributed by atoms with Crippen LogP contribution in [0.1, 0.15) is 42.1 Å². The summed E-state index contributed by atoms with van der Waals surface area (Å²) in [6, 6.07) is 11.0. The van der Waals surface area contributed by atoms with Crippen molar-refractivity contribution in [2.24, 2.45) is 0 Å². The van der Waals surface area contributed by atoms with Gasteiger partial charge in [0, 0.05) is 18.3 Å². The molecule has 1 atom stereocenters. The molecule has 0 radical (unpaired) electrons. The maximum Gasteiger partial charge on any atom is 0.255 e. The van der Waals surface area contributed by atoms with Crippen LogP contribution in [0.25, 0.3) is 0 Å². The van der Waals surface area contributed by atoms with E-state index in [4.69, 9.17) is 16.3 Å². The number of halogens is 1. The second-order valence-corrected chi connectivity index (χ2v) is 8.05. The van der Waals surface area contributed by atoms with Crippen LogP contribution >= 0.6 is 11.6 Å². The molecular weight excluding hydrogens is 402 g/mol. The van der Waals surface area contributed by atoms with Gasteiger partial charge >= 0.3 is 0 Å². The third kappa shape index (κ3) is 5.25. The number of hydrogen-bond donors (Lipinski definition) is 2. The number of rotatable bonds is 6. The Morgan fingerprint density at radius 1 is 1.20 bits per heavy atom. The molecule has 6 nitrogen and oxygen atoms in total. The van der Waals surface area contributed by atoms with Crippen LogP contribution in [0.4, 0.5) is 11.4 Å². The van der Waals surface area contributed by atoms with Crippen LogP contribution in [0.5, 0.6) is 5.75 Å². The molecule has 1 heterocycles. The highest BCUT2D eigenvalue weighted by atomic mass is 35.5. The first kappa shape index (κ1) is 22.0. The van der Waals surface area contributed by atoms with E-state index in [0.29, 0.717) is 27.7 Å². The summed E-state index contributed by atoms with van der Waals surface area (Å²) in [7, 11) is 1.56. The number of nitrogens with zero attached hydrogens (tertiary/aromatic N) is 1. The molecule has 2 aromatic rings. The van der Waals surface area contributed by atoms with E-state index in [-0.39, 0.29) is 24.4 Å². The molecule has 2 amide bonds. The maximum atomic E-state index is 12.8. The lowest BCUT2D eigenvalue weighted by molar-refractivity contribution is -0.114. The highest BCUT2D eigenvalue weighted by Crippen LogP contribution is 2.27. The minimum absolute atomic E-state index is 0.0389. The van der Waals surface area contributed by atoms with E-state index >= 15 is 0 Å². The Hall–Kier alpha value is -2.73. The van der Waals surface area contributed by atoms with Gasteiger partial charge in [-0.05, 0) is 69.0 Å². The Balaban J connectivity index is 1.61. The highest BCUT2D eigenvalue weighted by molar-refractivity contribution is 6.34. The topological polar surface area (TPSA) is 70.7 Å². The van der Waals surface area contributed by atoms with Crippen LogP contribution in [-0.4, -0.2) is 43.0 Å². The van der Waals surface area contributed by atoms with Crippen molar-refractivity contribution in [2.45, 2.75) is 39.2 Å². The molecule has 2 N–H and O–H groups in total. The van der Waals surface area contributed by atoms with Crippen LogP contribution in [-0.2, 0) is 4.79 Å². The van der Waals surface area contributed by atoms with Gasteiger partial charge in [0.15, 0.2) is 0 Å². The molecule has 160 valence electrons. The minimum atomic E-state index is -0.211. The molecule has 30 heavy (non-hydrogen) atoms. The molecule has 0 saturated carbocycles. The zero-order valence-corrected chi connectivity index (χ0v) is 18.4. The lowest BCUT2D eigenvalue weighted by Crippen LogP contribution is -2.42. The molecule has 2 aromatic carbocycles. The van der Waals surface area contributed by atoms with Crippen molar-refractivity contribution in [2.75, 3.05) is 30.8 Å². The van der Waals surface area contributed by atoms with Crippen molar-refractivity contribution >= 4 is 34.8 Å². The molecule has 0 bridgehead atoms. The summed E-state index contributed by atoms with van der Waals surface area (Å²) in [5.74, 6) is 0.354. The Kier molecular flexibility index (Phi) is 7.21. The first-order valence-electron chi connectivity index (χ1n) is 10.2. The fourth-order valence-corrected chi connectivity index (χ4v) is 3.91. The number of nitrogens with one attached hydrogen (secondary N) is 2. The van der Waals surface area contributed by atoms with Gasteiger partial charge < -0.3 is 20.3 Å². The summed E-state index contributed by atoms with van der Waals surface area (Å²) in [5, 5.41) is 6.27. The summed E-state index contributed by atoms with van der Waals surface area (Å²) in [6.45, 7) is 4.84. The number of carbonyl (C=O) groups is 2. The fourth-order valence-electron chi connectivity index (χ4n) is 3.65. The SMILES string of the molecule is COc1ccc(C)cc1NC(=O)CNc1ccc(C(=O)N2CCCCC2C)c(Cl)c1. The van der Waals surface area contributed by atoms with Gasteiger partial charge in [-0.1, -0.05) is 17.7 Å². The Morgan fingerprint density at radius 3 is 2.70 bits per heavy atom. The summed E-state index contributed by atoms with van der Waals surface area (Å²) in [5.41, 5.74) is 2.81. The highest BCUT2D eigenvalue weighted by Gasteiger charge is 2.25. The number of benzene rings is 2. The predicted molar refractivity (Wildman–Crippen MR) is 121 cm³/mol. The molecule has 1 fully saturated rings. The van der Waals surface area contributed by atoms with Gasteiger partial charge in [-0.3, -0.25) is 9.59 Å². The number of hydrogen-bond acceptors (Lipinski definition) is 4. The molecule has 1 saturated heterocycles. The van der Waals surface area contributed by atoms with E-state index in [1.165, 1.54) is 0 Å². The lowest BCUT2D eigenvalue weighted by atomic mass is 10.0. The lowest BCUT2D eigenvalue weighted by Gasteiger charge is -2.33. The summed E-state index contributed by atoms with van der Waals surface area (Å²) >= 11 is 6.39. The molecule has 0 spiro atoms. The van der Waals surface area contributed by atoms with Crippen molar-refractivity contribution in [3.05, 3.63) is 52.5 Å². The number of piperidine rings is 1. The number of likely N-dealkylation sites (tertiary alicyclic amines) is 1. The maximum absolute atomic E-state index is 12.8. The molecule has 0 aromatic heterocycles. The Labute approximate surface area is 182 Å². The molecule has 7 heteroatoms. The quantitative estimate of drug-likeness (QED) is 0.696. The van der Waals surface area contributed by atoms with Crippen molar-refractivity contribution in [3.8, 4) is 5.75 Å². The van der Waals surface area contributed by atoms with E-state index in [9.17, 15) is 9.59 Å².